The minimum Gasteiger partial charge on any atom is -0.493 e. The van der Waals surface area contributed by atoms with Crippen molar-refractivity contribution >= 4 is 23.3 Å². The Morgan fingerprint density at radius 2 is 1.68 bits per heavy atom. The average Bonchev–Trinajstić information content (AvgIpc) is 2.86. The van der Waals surface area contributed by atoms with Crippen molar-refractivity contribution in [3.63, 3.8) is 0 Å². The summed E-state index contributed by atoms with van der Waals surface area (Å²) in [5.41, 5.74) is 0.615. The maximum absolute atomic E-state index is 14.2. The van der Waals surface area contributed by atoms with Crippen LogP contribution < -0.4 is 15.0 Å². The van der Waals surface area contributed by atoms with Crippen LogP contribution in [0.3, 0.4) is 0 Å². The van der Waals surface area contributed by atoms with E-state index in [0.29, 0.717) is 43.0 Å². The third-order valence-corrected chi connectivity index (χ3v) is 7.23. The van der Waals surface area contributed by atoms with Crippen LogP contribution in [0.15, 0.2) is 54.6 Å². The number of carbonyl (C=O) groups excluding carboxylic acids is 1. The van der Waals surface area contributed by atoms with Crippen molar-refractivity contribution in [3.05, 3.63) is 88.0 Å². The molecule has 0 radical (unpaired) electrons. The molecule has 0 bridgehead atoms. The topological polar surface area (TPSA) is 88.1 Å². The quantitative estimate of drug-likeness (QED) is 0.309. The van der Waals surface area contributed by atoms with Gasteiger partial charge >= 0.3 is 12.1 Å². The van der Waals surface area contributed by atoms with E-state index in [9.17, 15) is 27.9 Å². The molecule has 218 valence electrons. The number of hydrogen-bond donors (Lipinski definition) is 2. The highest BCUT2D eigenvalue weighted by molar-refractivity contribution is 6.07. The molecule has 1 heterocycles. The number of anilines is 2. The Kier molecular flexibility index (Phi) is 8.63. The summed E-state index contributed by atoms with van der Waals surface area (Å²) in [7, 11) is 1.52. The van der Waals surface area contributed by atoms with E-state index in [1.165, 1.54) is 7.11 Å². The Balaban J connectivity index is 1.60. The lowest BCUT2D eigenvalue weighted by Gasteiger charge is -2.49. The van der Waals surface area contributed by atoms with Gasteiger partial charge in [0.2, 0.25) is 0 Å². The van der Waals surface area contributed by atoms with E-state index in [0.717, 1.165) is 17.7 Å². The van der Waals surface area contributed by atoms with Gasteiger partial charge in [0, 0.05) is 37.9 Å². The summed E-state index contributed by atoms with van der Waals surface area (Å²) in [4.78, 5) is 26.6. The molecule has 0 aliphatic carbocycles. The Bertz CT molecular complexity index is 1410. The molecule has 0 unspecified atom stereocenters. The molecule has 0 aromatic heterocycles. The molecule has 1 saturated heterocycles. The van der Waals surface area contributed by atoms with Gasteiger partial charge in [-0.3, -0.25) is 9.59 Å². The number of alkyl halides is 3. The number of methoxy groups -OCH3 is 1. The highest BCUT2D eigenvalue weighted by Gasteiger charge is 2.42. The zero-order valence-electron chi connectivity index (χ0n) is 23.4. The number of amides is 1. The van der Waals surface area contributed by atoms with Crippen molar-refractivity contribution in [1.82, 2.24) is 0 Å². The predicted octanol–water partition coefficient (Wildman–Crippen LogP) is 6.05. The SMILES string of the molecule is COC1(C)CN(c2cc(C(F)(F)F)c(NC(=O)c3c(C)cc(OCCc4ccccc4)cc3C)cc2CC(=O)O)C1. The van der Waals surface area contributed by atoms with Gasteiger partial charge in [-0.25, -0.2) is 0 Å². The van der Waals surface area contributed by atoms with Crippen molar-refractivity contribution in [2.24, 2.45) is 0 Å². The molecule has 0 spiro atoms. The van der Waals surface area contributed by atoms with Crippen LogP contribution >= 0.6 is 0 Å². The highest BCUT2D eigenvalue weighted by atomic mass is 19.4. The second-order valence-electron chi connectivity index (χ2n) is 10.6. The monoisotopic (exact) mass is 570 g/mol. The Labute approximate surface area is 236 Å². The first-order valence-electron chi connectivity index (χ1n) is 13.1. The molecule has 7 nitrogen and oxygen atoms in total. The summed E-state index contributed by atoms with van der Waals surface area (Å²) in [6.45, 7) is 6.22. The van der Waals surface area contributed by atoms with Gasteiger partial charge in [-0.2, -0.15) is 13.2 Å². The number of halogens is 3. The number of hydrogen-bond acceptors (Lipinski definition) is 5. The first-order valence-corrected chi connectivity index (χ1v) is 13.1. The van der Waals surface area contributed by atoms with E-state index in [4.69, 9.17) is 9.47 Å². The summed E-state index contributed by atoms with van der Waals surface area (Å²) in [5.74, 6) is -1.38. The van der Waals surface area contributed by atoms with E-state index in [2.05, 4.69) is 5.32 Å². The lowest BCUT2D eigenvalue weighted by Crippen LogP contribution is -2.61. The second-order valence-corrected chi connectivity index (χ2v) is 10.6. The summed E-state index contributed by atoms with van der Waals surface area (Å²) < 4.78 is 53.9. The largest absolute Gasteiger partial charge is 0.493 e. The molecule has 41 heavy (non-hydrogen) atoms. The molecule has 1 aliphatic heterocycles. The molecule has 4 rings (SSSR count). The Morgan fingerprint density at radius 3 is 2.24 bits per heavy atom. The van der Waals surface area contributed by atoms with E-state index in [-0.39, 0.29) is 16.8 Å². The summed E-state index contributed by atoms with van der Waals surface area (Å²) >= 11 is 0. The zero-order chi connectivity index (χ0) is 29.9. The lowest BCUT2D eigenvalue weighted by molar-refractivity contribution is -0.137. The summed E-state index contributed by atoms with van der Waals surface area (Å²) in [6, 6.07) is 15.2. The minimum atomic E-state index is -4.80. The van der Waals surface area contributed by atoms with Gasteiger partial charge in [0.25, 0.3) is 5.91 Å². The molecule has 1 aliphatic rings. The fraction of sp³-hybridized carbons (Fsp3) is 0.355. The number of aryl methyl sites for hydroxylation is 2. The summed E-state index contributed by atoms with van der Waals surface area (Å²) in [5, 5.41) is 11.9. The molecule has 1 amide bonds. The van der Waals surface area contributed by atoms with Gasteiger partial charge in [0.15, 0.2) is 0 Å². The predicted molar refractivity (Wildman–Crippen MR) is 150 cm³/mol. The number of carboxylic acids is 1. The van der Waals surface area contributed by atoms with Crippen molar-refractivity contribution < 1.29 is 37.3 Å². The van der Waals surface area contributed by atoms with Crippen molar-refractivity contribution in [2.75, 3.05) is 37.0 Å². The minimum absolute atomic E-state index is 0.150. The van der Waals surface area contributed by atoms with Gasteiger partial charge in [0.05, 0.1) is 29.9 Å². The molecule has 3 aromatic carbocycles. The standard InChI is InChI=1S/C31H33F3N2O5/c1-19-12-23(41-11-10-21-8-6-5-7-9-21)13-20(2)28(19)29(39)35-25-14-22(15-27(37)38)26(16-24(25)31(32,33)34)36-17-30(3,18-36)40-4/h5-9,12-14,16H,10-11,15,17-18H2,1-4H3,(H,35,39)(H,37,38). The number of benzene rings is 3. The third kappa shape index (κ3) is 7.00. The average molecular weight is 571 g/mol. The maximum Gasteiger partial charge on any atom is 0.418 e. The van der Waals surface area contributed by atoms with Crippen LogP contribution in [0.5, 0.6) is 5.75 Å². The van der Waals surface area contributed by atoms with Gasteiger partial charge in [-0.05, 0) is 67.3 Å². The van der Waals surface area contributed by atoms with Crippen molar-refractivity contribution in [2.45, 2.75) is 45.4 Å². The molecule has 0 saturated carbocycles. The lowest BCUT2D eigenvalue weighted by atomic mass is 9.92. The molecule has 1 fully saturated rings. The molecule has 0 atom stereocenters. The van der Waals surface area contributed by atoms with Crippen LogP contribution in [0.1, 0.15) is 45.1 Å². The Morgan fingerprint density at radius 1 is 1.05 bits per heavy atom. The summed E-state index contributed by atoms with van der Waals surface area (Å²) in [6.07, 6.45) is -4.61. The number of rotatable bonds is 10. The zero-order valence-corrected chi connectivity index (χ0v) is 23.4. The van der Waals surface area contributed by atoms with Gasteiger partial charge in [-0.1, -0.05) is 30.3 Å². The number of nitrogens with zero attached hydrogens (tertiary/aromatic N) is 1. The normalized spacial score (nSPS) is 14.4. The first kappa shape index (κ1) is 29.9. The Hall–Kier alpha value is -4.05. The number of aliphatic carboxylic acids is 1. The second kappa shape index (κ2) is 11.8. The van der Waals surface area contributed by atoms with E-state index >= 15 is 0 Å². The van der Waals surface area contributed by atoms with Crippen LogP contribution in [0.4, 0.5) is 24.5 Å². The van der Waals surface area contributed by atoms with E-state index in [1.54, 1.807) is 30.9 Å². The number of carboxylic acid groups (broad SMARTS) is 1. The molecular formula is C31H33F3N2O5. The van der Waals surface area contributed by atoms with Crippen LogP contribution in [0, 0.1) is 13.8 Å². The van der Waals surface area contributed by atoms with Gasteiger partial charge in [-0.15, -0.1) is 0 Å². The van der Waals surface area contributed by atoms with Gasteiger partial charge < -0.3 is 24.8 Å². The van der Waals surface area contributed by atoms with Gasteiger partial charge in [0.1, 0.15) is 5.75 Å². The fourth-order valence-electron chi connectivity index (χ4n) is 5.11. The van der Waals surface area contributed by atoms with Crippen LogP contribution in [0.2, 0.25) is 0 Å². The number of ether oxygens (including phenoxy) is 2. The van der Waals surface area contributed by atoms with E-state index < -0.39 is 41.3 Å². The molecule has 3 aromatic rings. The highest BCUT2D eigenvalue weighted by Crippen LogP contribution is 2.42. The fourth-order valence-corrected chi connectivity index (χ4v) is 5.11. The van der Waals surface area contributed by atoms with Crippen molar-refractivity contribution in [3.8, 4) is 5.75 Å². The smallest absolute Gasteiger partial charge is 0.418 e. The van der Waals surface area contributed by atoms with Crippen molar-refractivity contribution in [1.29, 1.82) is 0 Å². The van der Waals surface area contributed by atoms with Crippen LogP contribution in [0.25, 0.3) is 0 Å². The van der Waals surface area contributed by atoms with E-state index in [1.807, 2.05) is 37.3 Å². The number of carbonyl (C=O) groups is 2. The maximum atomic E-state index is 14.2. The third-order valence-electron chi connectivity index (χ3n) is 7.23. The first-order chi connectivity index (χ1) is 19.3. The van der Waals surface area contributed by atoms with Crippen LogP contribution in [-0.2, 0) is 28.5 Å². The molecule has 10 heteroatoms. The molecule has 2 N–H and O–H groups in total. The number of nitrogens with one attached hydrogen (secondary N) is 1. The molecular weight excluding hydrogens is 537 g/mol. The van der Waals surface area contributed by atoms with Crippen LogP contribution in [-0.4, -0.2) is 49.4 Å².